The zero-order chi connectivity index (χ0) is 9.68. The molecule has 0 radical (unpaired) electrons. The third kappa shape index (κ3) is 2.74. The first-order valence-corrected chi connectivity index (χ1v) is 5.15. The van der Waals surface area contributed by atoms with Gasteiger partial charge in [0, 0.05) is 5.56 Å². The summed E-state index contributed by atoms with van der Waals surface area (Å²) in [5.41, 5.74) is 0.839. The second kappa shape index (κ2) is 4.87. The van der Waals surface area contributed by atoms with Crippen molar-refractivity contribution < 1.29 is 9.90 Å². The summed E-state index contributed by atoms with van der Waals surface area (Å²) in [4.78, 5) is 10.7. The number of carboxylic acids is 1. The zero-order valence-electron chi connectivity index (χ0n) is 6.75. The molecule has 0 heterocycles. The van der Waals surface area contributed by atoms with E-state index < -0.39 is 5.97 Å². The van der Waals surface area contributed by atoms with Crippen LogP contribution in [0, 0.1) is 11.8 Å². The molecule has 0 spiro atoms. The number of benzene rings is 1. The maximum Gasteiger partial charge on any atom is 0.336 e. The van der Waals surface area contributed by atoms with Crippen LogP contribution in [0.15, 0.2) is 24.3 Å². The van der Waals surface area contributed by atoms with Gasteiger partial charge in [-0.25, -0.2) is 4.79 Å². The number of hydrogen-bond acceptors (Lipinski definition) is 1. The maximum atomic E-state index is 10.7. The number of hydrogen-bond donors (Lipinski definition) is 1. The molecule has 0 fully saturated rings. The van der Waals surface area contributed by atoms with E-state index in [1.807, 2.05) is 0 Å². The summed E-state index contributed by atoms with van der Waals surface area (Å²) in [6.45, 7) is 0. The highest BCUT2D eigenvalue weighted by Gasteiger charge is 2.05. The Balaban J connectivity index is 3.12. The van der Waals surface area contributed by atoms with Gasteiger partial charge in [0.15, 0.2) is 0 Å². The Morgan fingerprint density at radius 3 is 2.77 bits per heavy atom. The predicted octanol–water partition coefficient (Wildman–Crippen LogP) is 2.17. The van der Waals surface area contributed by atoms with Crippen LogP contribution in [-0.4, -0.2) is 15.5 Å². The Hall–Kier alpha value is -1.02. The molecule has 0 aliphatic carbocycles. The molecule has 2 nitrogen and oxygen atoms in total. The van der Waals surface area contributed by atoms with E-state index in [9.17, 15) is 4.79 Å². The standard InChI is InChI=1S/C10H7IO2/c11-7-3-5-8-4-1-2-6-9(8)10(12)13/h1-2,4,6H,7H2,(H,12,13). The van der Waals surface area contributed by atoms with Crippen molar-refractivity contribution in [2.45, 2.75) is 0 Å². The van der Waals surface area contributed by atoms with E-state index in [-0.39, 0.29) is 5.56 Å². The average Bonchev–Trinajstić information content (AvgIpc) is 2.15. The summed E-state index contributed by atoms with van der Waals surface area (Å²) in [5, 5.41) is 8.80. The molecule has 3 heteroatoms. The molecule has 1 aromatic carbocycles. The van der Waals surface area contributed by atoms with Crippen LogP contribution < -0.4 is 0 Å². The molecule has 0 unspecified atom stereocenters. The van der Waals surface area contributed by atoms with Crippen LogP contribution in [0.2, 0.25) is 0 Å². The van der Waals surface area contributed by atoms with Crippen LogP contribution in [0.4, 0.5) is 0 Å². The minimum absolute atomic E-state index is 0.264. The second-order valence-corrected chi connectivity index (χ2v) is 3.05. The van der Waals surface area contributed by atoms with Gasteiger partial charge in [0.25, 0.3) is 0 Å². The Morgan fingerprint density at radius 2 is 2.15 bits per heavy atom. The van der Waals surface area contributed by atoms with Gasteiger partial charge >= 0.3 is 5.97 Å². The van der Waals surface area contributed by atoms with E-state index in [0.717, 1.165) is 0 Å². The monoisotopic (exact) mass is 286 g/mol. The van der Waals surface area contributed by atoms with Gasteiger partial charge in [-0.1, -0.05) is 46.6 Å². The number of rotatable bonds is 1. The highest BCUT2D eigenvalue weighted by atomic mass is 127. The molecule has 66 valence electrons. The lowest BCUT2D eigenvalue weighted by Crippen LogP contribution is -1.99. The van der Waals surface area contributed by atoms with E-state index in [0.29, 0.717) is 9.99 Å². The Kier molecular flexibility index (Phi) is 3.77. The zero-order valence-corrected chi connectivity index (χ0v) is 8.91. The largest absolute Gasteiger partial charge is 0.478 e. The minimum Gasteiger partial charge on any atom is -0.478 e. The van der Waals surface area contributed by atoms with Gasteiger partial charge in [-0.15, -0.1) is 0 Å². The molecule has 1 rings (SSSR count). The molecule has 0 saturated carbocycles. The van der Waals surface area contributed by atoms with Crippen LogP contribution >= 0.6 is 22.6 Å². The smallest absolute Gasteiger partial charge is 0.336 e. The summed E-state index contributed by atoms with van der Waals surface area (Å²) in [5.74, 6) is 4.71. The van der Waals surface area contributed by atoms with Crippen molar-refractivity contribution in [3.05, 3.63) is 35.4 Å². The number of aromatic carboxylic acids is 1. The molecule has 13 heavy (non-hydrogen) atoms. The van der Waals surface area contributed by atoms with Gasteiger partial charge in [0.05, 0.1) is 9.99 Å². The molecular weight excluding hydrogens is 279 g/mol. The van der Waals surface area contributed by atoms with Crippen molar-refractivity contribution in [3.8, 4) is 11.8 Å². The third-order valence-corrected chi connectivity index (χ3v) is 1.83. The molecule has 0 amide bonds. The quantitative estimate of drug-likeness (QED) is 0.488. The van der Waals surface area contributed by atoms with Crippen molar-refractivity contribution in [1.82, 2.24) is 0 Å². The minimum atomic E-state index is -0.932. The van der Waals surface area contributed by atoms with Crippen LogP contribution in [-0.2, 0) is 0 Å². The van der Waals surface area contributed by atoms with E-state index >= 15 is 0 Å². The van der Waals surface area contributed by atoms with Crippen molar-refractivity contribution in [2.24, 2.45) is 0 Å². The van der Waals surface area contributed by atoms with Crippen LogP contribution in [0.25, 0.3) is 0 Å². The number of halogens is 1. The Bertz CT molecular complexity index is 374. The van der Waals surface area contributed by atoms with Crippen LogP contribution in [0.1, 0.15) is 15.9 Å². The van der Waals surface area contributed by atoms with Crippen molar-refractivity contribution in [3.63, 3.8) is 0 Å². The van der Waals surface area contributed by atoms with Gasteiger partial charge in [0.2, 0.25) is 0 Å². The van der Waals surface area contributed by atoms with E-state index in [2.05, 4.69) is 34.4 Å². The first kappa shape index (κ1) is 10.1. The van der Waals surface area contributed by atoms with Gasteiger partial charge in [-0.3, -0.25) is 0 Å². The molecule has 1 N–H and O–H groups in total. The third-order valence-electron chi connectivity index (χ3n) is 1.45. The molecule has 0 saturated heterocycles. The SMILES string of the molecule is O=C(O)c1ccccc1C#CCI. The molecule has 0 atom stereocenters. The first-order chi connectivity index (χ1) is 6.25. The molecule has 0 bridgehead atoms. The molecule has 1 aromatic rings. The van der Waals surface area contributed by atoms with Crippen molar-refractivity contribution >= 4 is 28.6 Å². The topological polar surface area (TPSA) is 37.3 Å². The fourth-order valence-corrected chi connectivity index (χ4v) is 1.10. The lowest BCUT2D eigenvalue weighted by Gasteiger charge is -1.96. The van der Waals surface area contributed by atoms with Gasteiger partial charge < -0.3 is 5.11 Å². The van der Waals surface area contributed by atoms with Gasteiger partial charge in [-0.05, 0) is 12.1 Å². The molecule has 0 aliphatic heterocycles. The summed E-state index contributed by atoms with van der Waals surface area (Å²) in [6, 6.07) is 6.74. The average molecular weight is 286 g/mol. The predicted molar refractivity (Wildman–Crippen MR) is 59.2 cm³/mol. The van der Waals surface area contributed by atoms with Gasteiger partial charge in [-0.2, -0.15) is 0 Å². The number of carbonyl (C=O) groups is 1. The number of carboxylic acid groups (broad SMARTS) is 1. The van der Waals surface area contributed by atoms with E-state index in [1.54, 1.807) is 24.3 Å². The Labute approximate surface area is 90.1 Å². The fraction of sp³-hybridized carbons (Fsp3) is 0.100. The molecule has 0 aliphatic rings. The fourth-order valence-electron chi connectivity index (χ4n) is 0.907. The van der Waals surface area contributed by atoms with Crippen LogP contribution in [0.3, 0.4) is 0 Å². The van der Waals surface area contributed by atoms with Crippen molar-refractivity contribution in [1.29, 1.82) is 0 Å². The lowest BCUT2D eigenvalue weighted by molar-refractivity contribution is 0.0696. The van der Waals surface area contributed by atoms with Crippen LogP contribution in [0.5, 0.6) is 0 Å². The maximum absolute atomic E-state index is 10.7. The summed E-state index contributed by atoms with van der Waals surface area (Å²) in [7, 11) is 0. The van der Waals surface area contributed by atoms with Gasteiger partial charge in [0.1, 0.15) is 0 Å². The first-order valence-electron chi connectivity index (χ1n) is 3.63. The normalized spacial score (nSPS) is 8.69. The number of alkyl halides is 1. The Morgan fingerprint density at radius 1 is 1.46 bits per heavy atom. The van der Waals surface area contributed by atoms with Crippen molar-refractivity contribution in [2.75, 3.05) is 4.43 Å². The highest BCUT2D eigenvalue weighted by molar-refractivity contribution is 14.1. The second-order valence-electron chi connectivity index (χ2n) is 2.29. The lowest BCUT2D eigenvalue weighted by atomic mass is 10.1. The molecule has 0 aromatic heterocycles. The summed E-state index contributed by atoms with van der Waals surface area (Å²) < 4.78 is 0.700. The molecular formula is C10H7IO2. The highest BCUT2D eigenvalue weighted by Crippen LogP contribution is 2.06. The summed E-state index contributed by atoms with van der Waals surface area (Å²) >= 11 is 2.12. The van der Waals surface area contributed by atoms with E-state index in [1.165, 1.54) is 0 Å². The summed E-state index contributed by atoms with van der Waals surface area (Å²) in [6.07, 6.45) is 0. The van der Waals surface area contributed by atoms with E-state index in [4.69, 9.17) is 5.11 Å².